The number of likely N-dealkylation sites (tertiary alicyclic amines) is 1. The van der Waals surface area contributed by atoms with E-state index in [-0.39, 0.29) is 17.9 Å². The lowest BCUT2D eigenvalue weighted by molar-refractivity contribution is 0.189. The van der Waals surface area contributed by atoms with Crippen LogP contribution in [0.4, 0.5) is 14.9 Å². The standard InChI is InChI=1S/C20H22ClFN2O/c1-14-9-10-17(13-18(14)21)23-20(25)24-11-4-2-3-8-19(24)15-6-5-7-16(22)12-15/h5-7,9-10,12-13,19H,2-4,8,11H2,1H3,(H,23,25)/t19-/m1/s1. The second-order valence-electron chi connectivity index (χ2n) is 6.51. The van der Waals surface area contributed by atoms with E-state index in [1.165, 1.54) is 12.1 Å². The van der Waals surface area contributed by atoms with E-state index in [2.05, 4.69) is 5.32 Å². The Morgan fingerprint density at radius 2 is 2.04 bits per heavy atom. The molecular formula is C20H22ClFN2O. The first-order valence-electron chi connectivity index (χ1n) is 8.64. The van der Waals surface area contributed by atoms with Crippen LogP contribution in [0, 0.1) is 12.7 Å². The SMILES string of the molecule is Cc1ccc(NC(=O)N2CCCCC[C@@H]2c2cccc(F)c2)cc1Cl. The highest BCUT2D eigenvalue weighted by atomic mass is 35.5. The van der Waals surface area contributed by atoms with E-state index in [9.17, 15) is 9.18 Å². The van der Waals surface area contributed by atoms with Crippen molar-refractivity contribution < 1.29 is 9.18 Å². The summed E-state index contributed by atoms with van der Waals surface area (Å²) < 4.78 is 13.6. The number of amides is 2. The van der Waals surface area contributed by atoms with Crippen LogP contribution >= 0.6 is 11.6 Å². The van der Waals surface area contributed by atoms with Crippen LogP contribution in [0.5, 0.6) is 0 Å². The van der Waals surface area contributed by atoms with Crippen molar-refractivity contribution in [2.45, 2.75) is 38.6 Å². The summed E-state index contributed by atoms with van der Waals surface area (Å²) in [5, 5.41) is 3.55. The summed E-state index contributed by atoms with van der Waals surface area (Å²) in [5.74, 6) is -0.271. The predicted octanol–water partition coefficient (Wildman–Crippen LogP) is 5.94. The van der Waals surface area contributed by atoms with Gasteiger partial charge in [0.15, 0.2) is 0 Å². The van der Waals surface area contributed by atoms with Gasteiger partial charge in [-0.2, -0.15) is 0 Å². The van der Waals surface area contributed by atoms with Gasteiger partial charge in [-0.1, -0.05) is 42.6 Å². The molecule has 132 valence electrons. The summed E-state index contributed by atoms with van der Waals surface area (Å²) in [6.07, 6.45) is 3.90. The molecule has 1 saturated heterocycles. The van der Waals surface area contributed by atoms with Gasteiger partial charge >= 0.3 is 6.03 Å². The fraction of sp³-hybridized carbons (Fsp3) is 0.350. The first-order chi connectivity index (χ1) is 12.0. The Labute approximate surface area is 152 Å². The van der Waals surface area contributed by atoms with Crippen molar-refractivity contribution in [3.63, 3.8) is 0 Å². The number of benzene rings is 2. The van der Waals surface area contributed by atoms with Gasteiger partial charge in [0.25, 0.3) is 0 Å². The molecule has 0 bridgehead atoms. The molecular weight excluding hydrogens is 339 g/mol. The van der Waals surface area contributed by atoms with Crippen LogP contribution in [-0.2, 0) is 0 Å². The Hall–Kier alpha value is -2.07. The van der Waals surface area contributed by atoms with E-state index in [1.807, 2.05) is 30.0 Å². The van der Waals surface area contributed by atoms with Gasteiger partial charge in [0, 0.05) is 17.3 Å². The average Bonchev–Trinajstić information content (AvgIpc) is 2.84. The average molecular weight is 361 g/mol. The second-order valence-corrected chi connectivity index (χ2v) is 6.91. The summed E-state index contributed by atoms with van der Waals surface area (Å²) in [6, 6.07) is 11.7. The maximum Gasteiger partial charge on any atom is 0.322 e. The first-order valence-corrected chi connectivity index (χ1v) is 9.01. The van der Waals surface area contributed by atoms with Crippen molar-refractivity contribution >= 4 is 23.3 Å². The third-order valence-electron chi connectivity index (χ3n) is 4.67. The van der Waals surface area contributed by atoms with E-state index in [0.717, 1.165) is 36.8 Å². The monoisotopic (exact) mass is 360 g/mol. The Kier molecular flexibility index (Phi) is 5.59. The molecule has 2 aromatic rings. The fourth-order valence-corrected chi connectivity index (χ4v) is 3.46. The number of hydrogen-bond donors (Lipinski definition) is 1. The van der Waals surface area contributed by atoms with Crippen LogP contribution in [0.25, 0.3) is 0 Å². The van der Waals surface area contributed by atoms with E-state index in [1.54, 1.807) is 12.1 Å². The third-order valence-corrected chi connectivity index (χ3v) is 5.08. The highest BCUT2D eigenvalue weighted by molar-refractivity contribution is 6.31. The minimum atomic E-state index is -0.271. The molecule has 0 aromatic heterocycles. The van der Waals surface area contributed by atoms with Crippen LogP contribution in [0.15, 0.2) is 42.5 Å². The molecule has 1 atom stereocenters. The number of nitrogens with zero attached hydrogens (tertiary/aromatic N) is 1. The van der Waals surface area contributed by atoms with Crippen LogP contribution in [0.2, 0.25) is 5.02 Å². The van der Waals surface area contributed by atoms with E-state index in [0.29, 0.717) is 17.3 Å². The summed E-state index contributed by atoms with van der Waals surface area (Å²) in [5.41, 5.74) is 2.48. The van der Waals surface area contributed by atoms with Gasteiger partial charge in [-0.25, -0.2) is 9.18 Å². The number of urea groups is 1. The molecule has 3 rings (SSSR count). The molecule has 3 nitrogen and oxygen atoms in total. The quantitative estimate of drug-likeness (QED) is 0.706. The molecule has 2 aromatic carbocycles. The van der Waals surface area contributed by atoms with Crippen molar-refractivity contribution in [1.29, 1.82) is 0 Å². The van der Waals surface area contributed by atoms with Gasteiger partial charge in [-0.15, -0.1) is 0 Å². The van der Waals surface area contributed by atoms with Gasteiger partial charge in [0.2, 0.25) is 0 Å². The highest BCUT2D eigenvalue weighted by Gasteiger charge is 2.27. The largest absolute Gasteiger partial charge is 0.322 e. The predicted molar refractivity (Wildman–Crippen MR) is 99.5 cm³/mol. The van der Waals surface area contributed by atoms with Crippen molar-refractivity contribution in [2.75, 3.05) is 11.9 Å². The number of hydrogen-bond acceptors (Lipinski definition) is 1. The summed E-state index contributed by atoms with van der Waals surface area (Å²) >= 11 is 6.14. The van der Waals surface area contributed by atoms with Crippen molar-refractivity contribution in [3.8, 4) is 0 Å². The van der Waals surface area contributed by atoms with Crippen LogP contribution in [-0.4, -0.2) is 17.5 Å². The molecule has 1 N–H and O–H groups in total. The molecule has 0 aliphatic carbocycles. The van der Waals surface area contributed by atoms with Gasteiger partial charge in [-0.05, 0) is 55.2 Å². The molecule has 0 spiro atoms. The van der Waals surface area contributed by atoms with E-state index in [4.69, 9.17) is 11.6 Å². The molecule has 0 unspecified atom stereocenters. The Morgan fingerprint density at radius 1 is 1.20 bits per heavy atom. The molecule has 1 aliphatic rings. The summed E-state index contributed by atoms with van der Waals surface area (Å²) in [6.45, 7) is 2.58. The Morgan fingerprint density at radius 3 is 2.80 bits per heavy atom. The minimum absolute atomic E-state index is 0.112. The number of anilines is 1. The molecule has 1 aliphatic heterocycles. The molecule has 0 saturated carbocycles. The van der Waals surface area contributed by atoms with E-state index < -0.39 is 0 Å². The number of nitrogens with one attached hydrogen (secondary N) is 1. The third kappa shape index (κ3) is 4.31. The molecule has 5 heteroatoms. The van der Waals surface area contributed by atoms with Crippen LogP contribution < -0.4 is 5.32 Å². The number of aryl methyl sites for hydroxylation is 1. The number of carbonyl (C=O) groups excluding carboxylic acids is 1. The Bertz CT molecular complexity index is 765. The minimum Gasteiger partial charge on any atom is -0.317 e. The van der Waals surface area contributed by atoms with Gasteiger partial charge in [0.05, 0.1) is 6.04 Å². The van der Waals surface area contributed by atoms with Crippen molar-refractivity contribution in [3.05, 3.63) is 64.4 Å². The van der Waals surface area contributed by atoms with Gasteiger partial charge < -0.3 is 10.2 Å². The first kappa shape index (κ1) is 17.7. The molecule has 1 fully saturated rings. The van der Waals surface area contributed by atoms with Crippen LogP contribution in [0.1, 0.15) is 42.9 Å². The lowest BCUT2D eigenvalue weighted by atomic mass is 10.0. The zero-order valence-corrected chi connectivity index (χ0v) is 15.0. The summed E-state index contributed by atoms with van der Waals surface area (Å²) in [4.78, 5) is 14.7. The number of halogens is 2. The fourth-order valence-electron chi connectivity index (χ4n) is 3.28. The maximum atomic E-state index is 13.6. The van der Waals surface area contributed by atoms with Crippen molar-refractivity contribution in [1.82, 2.24) is 4.90 Å². The molecule has 25 heavy (non-hydrogen) atoms. The van der Waals surface area contributed by atoms with E-state index >= 15 is 0 Å². The maximum absolute atomic E-state index is 13.6. The summed E-state index contributed by atoms with van der Waals surface area (Å²) in [7, 11) is 0. The molecule has 1 heterocycles. The molecule has 0 radical (unpaired) electrons. The van der Waals surface area contributed by atoms with Crippen LogP contribution in [0.3, 0.4) is 0 Å². The second kappa shape index (κ2) is 7.87. The smallest absolute Gasteiger partial charge is 0.317 e. The highest BCUT2D eigenvalue weighted by Crippen LogP contribution is 2.31. The topological polar surface area (TPSA) is 32.3 Å². The zero-order chi connectivity index (χ0) is 17.8. The number of rotatable bonds is 2. The Balaban J connectivity index is 1.82. The van der Waals surface area contributed by atoms with Gasteiger partial charge in [0.1, 0.15) is 5.82 Å². The van der Waals surface area contributed by atoms with Crippen molar-refractivity contribution in [2.24, 2.45) is 0 Å². The zero-order valence-electron chi connectivity index (χ0n) is 14.3. The lowest BCUT2D eigenvalue weighted by Crippen LogP contribution is -2.38. The lowest BCUT2D eigenvalue weighted by Gasteiger charge is -2.30. The number of carbonyl (C=O) groups is 1. The molecule has 2 amide bonds. The normalized spacial score (nSPS) is 17.9. The van der Waals surface area contributed by atoms with Gasteiger partial charge in [-0.3, -0.25) is 0 Å².